The minimum atomic E-state index is -0.148. The molecule has 3 heterocycles. The normalized spacial score (nSPS) is 14.8. The number of carbonyl (C=O) groups excluding carboxylic acids is 2. The maximum Gasteiger partial charge on any atom is 0.255 e. The monoisotopic (exact) mass is 374 g/mol. The molecular formula is C18H19ClN4O3. The number of hydrogen-bond donors (Lipinski definition) is 1. The number of ether oxygens (including phenoxy) is 1. The molecule has 1 N–H and O–H groups in total. The molecule has 2 aromatic rings. The van der Waals surface area contributed by atoms with Gasteiger partial charge in [0.15, 0.2) is 0 Å². The van der Waals surface area contributed by atoms with Gasteiger partial charge in [-0.2, -0.15) is 0 Å². The number of nitrogens with zero attached hydrogens (tertiary/aromatic N) is 3. The molecule has 1 aliphatic heterocycles. The molecule has 7 nitrogen and oxygen atoms in total. The van der Waals surface area contributed by atoms with Gasteiger partial charge in [-0.3, -0.25) is 9.59 Å². The summed E-state index contributed by atoms with van der Waals surface area (Å²) in [7, 11) is 1.53. The van der Waals surface area contributed by atoms with E-state index in [0.29, 0.717) is 48.2 Å². The van der Waals surface area contributed by atoms with Crippen molar-refractivity contribution in [3.05, 3.63) is 47.2 Å². The molecule has 0 atom stereocenters. The van der Waals surface area contributed by atoms with Crippen LogP contribution in [0.1, 0.15) is 23.2 Å². The van der Waals surface area contributed by atoms with Gasteiger partial charge in [0, 0.05) is 37.5 Å². The Bertz CT molecular complexity index is 772. The van der Waals surface area contributed by atoms with Gasteiger partial charge >= 0.3 is 0 Å². The van der Waals surface area contributed by atoms with Gasteiger partial charge in [0.05, 0.1) is 17.7 Å². The van der Waals surface area contributed by atoms with Crippen LogP contribution in [-0.2, 0) is 4.79 Å². The van der Waals surface area contributed by atoms with Gasteiger partial charge in [0.1, 0.15) is 5.82 Å². The van der Waals surface area contributed by atoms with Crippen molar-refractivity contribution in [1.82, 2.24) is 14.9 Å². The average molecular weight is 375 g/mol. The van der Waals surface area contributed by atoms with Crippen LogP contribution < -0.4 is 10.1 Å². The van der Waals surface area contributed by atoms with Crippen molar-refractivity contribution < 1.29 is 14.3 Å². The number of rotatable bonds is 4. The lowest BCUT2D eigenvalue weighted by Crippen LogP contribution is -2.41. The zero-order chi connectivity index (χ0) is 18.5. The number of aromatic nitrogens is 2. The second-order valence-corrected chi connectivity index (χ2v) is 6.44. The number of pyridine rings is 2. The van der Waals surface area contributed by atoms with Crippen LogP contribution in [-0.4, -0.2) is 46.9 Å². The molecule has 0 aliphatic carbocycles. The SMILES string of the molecule is COc1ccc(C(=O)N2CCC(C(=O)Nc3ccc(Cl)cn3)CC2)cn1. The molecule has 0 saturated carbocycles. The van der Waals surface area contributed by atoms with E-state index in [1.807, 2.05) is 0 Å². The summed E-state index contributed by atoms with van der Waals surface area (Å²) in [5, 5.41) is 3.31. The Balaban J connectivity index is 1.53. The molecule has 0 radical (unpaired) electrons. The van der Waals surface area contributed by atoms with E-state index in [2.05, 4.69) is 15.3 Å². The standard InChI is InChI=1S/C18H19ClN4O3/c1-26-16-5-2-13(10-21-16)18(25)23-8-6-12(7-9-23)17(24)22-15-4-3-14(19)11-20-15/h2-5,10-12H,6-9H2,1H3,(H,20,22,24). The van der Waals surface area contributed by atoms with Crippen LogP contribution in [0.3, 0.4) is 0 Å². The molecular weight excluding hydrogens is 356 g/mol. The van der Waals surface area contributed by atoms with Crippen molar-refractivity contribution >= 4 is 29.2 Å². The minimum Gasteiger partial charge on any atom is -0.481 e. The van der Waals surface area contributed by atoms with Crippen LogP contribution in [0.4, 0.5) is 5.82 Å². The van der Waals surface area contributed by atoms with Crippen molar-refractivity contribution in [2.24, 2.45) is 5.92 Å². The first-order valence-electron chi connectivity index (χ1n) is 8.28. The van der Waals surface area contributed by atoms with Gasteiger partial charge < -0.3 is 15.0 Å². The molecule has 3 rings (SSSR count). The molecule has 0 spiro atoms. The van der Waals surface area contributed by atoms with Gasteiger partial charge in [0.2, 0.25) is 11.8 Å². The molecule has 2 amide bonds. The van der Waals surface area contributed by atoms with Gasteiger partial charge in [-0.15, -0.1) is 0 Å². The molecule has 26 heavy (non-hydrogen) atoms. The van der Waals surface area contributed by atoms with E-state index in [-0.39, 0.29) is 17.7 Å². The van der Waals surface area contributed by atoms with Gasteiger partial charge in [-0.05, 0) is 31.0 Å². The number of nitrogens with one attached hydrogen (secondary N) is 1. The first-order valence-corrected chi connectivity index (χ1v) is 8.66. The number of piperidine rings is 1. The Kier molecular flexibility index (Phi) is 5.68. The fraction of sp³-hybridized carbons (Fsp3) is 0.333. The van der Waals surface area contributed by atoms with Crippen molar-refractivity contribution in [3.8, 4) is 5.88 Å². The highest BCUT2D eigenvalue weighted by molar-refractivity contribution is 6.30. The van der Waals surface area contributed by atoms with E-state index in [9.17, 15) is 9.59 Å². The Morgan fingerprint density at radius 2 is 1.92 bits per heavy atom. The van der Waals surface area contributed by atoms with E-state index < -0.39 is 0 Å². The molecule has 2 aromatic heterocycles. The van der Waals surface area contributed by atoms with Crippen LogP contribution in [0.2, 0.25) is 5.02 Å². The summed E-state index contributed by atoms with van der Waals surface area (Å²) >= 11 is 5.79. The van der Waals surface area contributed by atoms with Crippen LogP contribution in [0.15, 0.2) is 36.7 Å². The quantitative estimate of drug-likeness (QED) is 0.889. The number of amides is 2. The average Bonchev–Trinajstić information content (AvgIpc) is 2.69. The second-order valence-electron chi connectivity index (χ2n) is 6.01. The Morgan fingerprint density at radius 1 is 1.15 bits per heavy atom. The summed E-state index contributed by atoms with van der Waals surface area (Å²) in [5.74, 6) is 0.622. The highest BCUT2D eigenvalue weighted by Crippen LogP contribution is 2.21. The predicted octanol–water partition coefficient (Wildman–Crippen LogP) is 2.63. The van der Waals surface area contributed by atoms with E-state index in [1.54, 1.807) is 29.2 Å². The summed E-state index contributed by atoms with van der Waals surface area (Å²) in [4.78, 5) is 34.7. The van der Waals surface area contributed by atoms with Gasteiger partial charge in [0.25, 0.3) is 5.91 Å². The van der Waals surface area contributed by atoms with E-state index in [4.69, 9.17) is 16.3 Å². The Hall–Kier alpha value is -2.67. The molecule has 136 valence electrons. The number of halogens is 1. The van der Waals surface area contributed by atoms with Gasteiger partial charge in [-0.1, -0.05) is 11.6 Å². The van der Waals surface area contributed by atoms with Crippen molar-refractivity contribution in [1.29, 1.82) is 0 Å². The van der Waals surface area contributed by atoms with Gasteiger partial charge in [-0.25, -0.2) is 9.97 Å². The summed E-state index contributed by atoms with van der Waals surface area (Å²) in [6.45, 7) is 1.05. The third-order valence-electron chi connectivity index (χ3n) is 4.32. The number of likely N-dealkylation sites (tertiary alicyclic amines) is 1. The largest absolute Gasteiger partial charge is 0.481 e. The highest BCUT2D eigenvalue weighted by atomic mass is 35.5. The van der Waals surface area contributed by atoms with Crippen LogP contribution in [0.5, 0.6) is 5.88 Å². The van der Waals surface area contributed by atoms with Crippen molar-refractivity contribution in [2.45, 2.75) is 12.8 Å². The third kappa shape index (κ3) is 4.29. The lowest BCUT2D eigenvalue weighted by atomic mass is 9.95. The highest BCUT2D eigenvalue weighted by Gasteiger charge is 2.28. The zero-order valence-electron chi connectivity index (χ0n) is 14.3. The second kappa shape index (κ2) is 8.14. The van der Waals surface area contributed by atoms with E-state index in [1.165, 1.54) is 19.5 Å². The third-order valence-corrected chi connectivity index (χ3v) is 4.55. The number of hydrogen-bond acceptors (Lipinski definition) is 5. The van der Waals surface area contributed by atoms with E-state index >= 15 is 0 Å². The molecule has 0 bridgehead atoms. The summed E-state index contributed by atoms with van der Waals surface area (Å²) < 4.78 is 5.00. The molecule has 1 aliphatic rings. The zero-order valence-corrected chi connectivity index (χ0v) is 15.1. The first kappa shape index (κ1) is 18.1. The minimum absolute atomic E-state index is 0.0848. The lowest BCUT2D eigenvalue weighted by molar-refractivity contribution is -0.121. The maximum atomic E-state index is 12.5. The fourth-order valence-corrected chi connectivity index (χ4v) is 2.94. The first-order chi connectivity index (χ1) is 12.6. The predicted molar refractivity (Wildman–Crippen MR) is 97.3 cm³/mol. The molecule has 1 fully saturated rings. The molecule has 1 saturated heterocycles. The Morgan fingerprint density at radius 3 is 2.50 bits per heavy atom. The molecule has 0 unspecified atom stereocenters. The summed E-state index contributed by atoms with van der Waals surface area (Å²) in [6, 6.07) is 6.69. The molecule has 8 heteroatoms. The lowest BCUT2D eigenvalue weighted by Gasteiger charge is -2.31. The van der Waals surface area contributed by atoms with Crippen LogP contribution >= 0.6 is 11.6 Å². The van der Waals surface area contributed by atoms with Crippen LogP contribution in [0, 0.1) is 5.92 Å². The number of methoxy groups -OCH3 is 1. The number of anilines is 1. The maximum absolute atomic E-state index is 12.5. The smallest absolute Gasteiger partial charge is 0.255 e. The fourth-order valence-electron chi connectivity index (χ4n) is 2.83. The van der Waals surface area contributed by atoms with E-state index in [0.717, 1.165) is 0 Å². The molecule has 0 aromatic carbocycles. The van der Waals surface area contributed by atoms with Crippen LogP contribution in [0.25, 0.3) is 0 Å². The van der Waals surface area contributed by atoms with Crippen molar-refractivity contribution in [3.63, 3.8) is 0 Å². The van der Waals surface area contributed by atoms with Crippen molar-refractivity contribution in [2.75, 3.05) is 25.5 Å². The number of carbonyl (C=O) groups is 2. The summed E-state index contributed by atoms with van der Waals surface area (Å²) in [5.41, 5.74) is 0.513. The Labute approximate surface area is 156 Å². The summed E-state index contributed by atoms with van der Waals surface area (Å²) in [6.07, 6.45) is 4.21. The topological polar surface area (TPSA) is 84.4 Å².